The first-order valence-corrected chi connectivity index (χ1v) is 15.8. The summed E-state index contributed by atoms with van der Waals surface area (Å²) >= 11 is 8.16. The molecule has 0 bridgehead atoms. The van der Waals surface area contributed by atoms with E-state index in [1.165, 1.54) is 50.9 Å². The Morgan fingerprint density at radius 3 is 2.55 bits per heavy atom. The lowest BCUT2D eigenvalue weighted by Gasteiger charge is -2.29. The number of amides is 1. The van der Waals surface area contributed by atoms with E-state index in [0.717, 1.165) is 42.9 Å². The molecule has 3 aromatic rings. The van der Waals surface area contributed by atoms with Gasteiger partial charge in [-0.15, -0.1) is 12.4 Å². The number of aliphatic imine (C=N–C) groups is 1. The predicted octanol–water partition coefficient (Wildman–Crippen LogP) is 7.46. The molecular weight excluding hydrogens is 587 g/mol. The summed E-state index contributed by atoms with van der Waals surface area (Å²) in [5.74, 6) is 1.21. The van der Waals surface area contributed by atoms with Crippen LogP contribution in [-0.4, -0.2) is 64.6 Å². The lowest BCUT2D eigenvalue weighted by molar-refractivity contribution is 0.104. The molecule has 1 aliphatic carbocycles. The molecule has 42 heavy (non-hydrogen) atoms. The van der Waals surface area contributed by atoms with Crippen molar-refractivity contribution in [2.75, 3.05) is 38.5 Å². The van der Waals surface area contributed by atoms with Crippen molar-refractivity contribution in [1.29, 1.82) is 0 Å². The minimum absolute atomic E-state index is 0. The summed E-state index contributed by atoms with van der Waals surface area (Å²) in [5.41, 5.74) is 8.81. The molecule has 2 saturated heterocycles. The van der Waals surface area contributed by atoms with E-state index in [2.05, 4.69) is 53.4 Å². The van der Waals surface area contributed by atoms with Gasteiger partial charge in [0, 0.05) is 48.7 Å². The summed E-state index contributed by atoms with van der Waals surface area (Å²) in [6.07, 6.45) is 5.25. The molecule has 1 aromatic heterocycles. The summed E-state index contributed by atoms with van der Waals surface area (Å²) in [6.45, 7) is 5.87. The van der Waals surface area contributed by atoms with Gasteiger partial charge in [0.25, 0.3) is 0 Å². The molecule has 3 aliphatic heterocycles. The minimum Gasteiger partial charge on any atom is -0.450 e. The highest BCUT2D eigenvalue weighted by Crippen LogP contribution is 2.38. The SMILES string of the molecule is CCOC(=O)N1CCC(=C2c3ccc(Cl)cc3CCc3cccnc32)CC1.Cl.c1ccc(C2CN3CCSC3=N2)cc1. The van der Waals surface area contributed by atoms with Gasteiger partial charge in [0.1, 0.15) is 0 Å². The fourth-order valence-electron chi connectivity index (χ4n) is 6.02. The Labute approximate surface area is 263 Å². The molecular formula is C33H36Cl2N4O2S. The van der Waals surface area contributed by atoms with E-state index in [0.29, 0.717) is 25.7 Å². The molecule has 220 valence electrons. The lowest BCUT2D eigenvalue weighted by atomic mass is 9.88. The number of aromatic nitrogens is 1. The van der Waals surface area contributed by atoms with Gasteiger partial charge in [-0.3, -0.25) is 9.98 Å². The van der Waals surface area contributed by atoms with E-state index in [-0.39, 0.29) is 18.5 Å². The molecule has 2 aromatic carbocycles. The van der Waals surface area contributed by atoms with Crippen LogP contribution >= 0.6 is 35.8 Å². The van der Waals surface area contributed by atoms with Gasteiger partial charge in [0.2, 0.25) is 0 Å². The first kappa shape index (κ1) is 30.5. The van der Waals surface area contributed by atoms with Crippen LogP contribution in [0.5, 0.6) is 0 Å². The molecule has 4 aliphatic rings. The van der Waals surface area contributed by atoms with Gasteiger partial charge < -0.3 is 14.5 Å². The van der Waals surface area contributed by atoms with Crippen LogP contribution in [0.3, 0.4) is 0 Å². The largest absolute Gasteiger partial charge is 0.450 e. The molecule has 1 atom stereocenters. The van der Waals surface area contributed by atoms with E-state index >= 15 is 0 Å². The second-order valence-electron chi connectivity index (χ2n) is 10.6. The zero-order valence-corrected chi connectivity index (χ0v) is 26.2. The van der Waals surface area contributed by atoms with Crippen LogP contribution in [0.2, 0.25) is 5.02 Å². The van der Waals surface area contributed by atoms with Crippen molar-refractivity contribution < 1.29 is 9.53 Å². The molecule has 1 unspecified atom stereocenters. The van der Waals surface area contributed by atoms with Crippen LogP contribution in [0.15, 0.2) is 77.4 Å². The van der Waals surface area contributed by atoms with Crippen molar-refractivity contribution in [1.82, 2.24) is 14.8 Å². The molecule has 2 fully saturated rings. The third kappa shape index (κ3) is 6.64. The van der Waals surface area contributed by atoms with Gasteiger partial charge in [0.05, 0.1) is 18.3 Å². The fraction of sp³-hybridized carbons (Fsp3) is 0.364. The number of carbonyl (C=O) groups excluding carboxylic acids is 1. The Morgan fingerprint density at radius 2 is 1.79 bits per heavy atom. The molecule has 4 heterocycles. The Morgan fingerprint density at radius 1 is 1.00 bits per heavy atom. The van der Waals surface area contributed by atoms with Gasteiger partial charge in [-0.25, -0.2) is 4.79 Å². The van der Waals surface area contributed by atoms with Gasteiger partial charge in [-0.1, -0.05) is 71.4 Å². The standard InChI is InChI=1S/C22H23ClN2O2.C11H12N2S.ClH/c1-2-27-22(26)25-12-9-15(10-13-25)20-19-8-7-18(23)14-17(19)6-5-16-4-3-11-24-21(16)20;1-2-4-9(5-3-1)10-8-13-6-7-14-11(13)12-10;/h3-4,7-8,11,14H,2,5-6,9-10,12-13H2,1H3;1-5,10H,6-8H2;1H. The monoisotopic (exact) mass is 622 g/mol. The molecule has 0 radical (unpaired) electrons. The van der Waals surface area contributed by atoms with Crippen molar-refractivity contribution in [2.45, 2.75) is 38.6 Å². The van der Waals surface area contributed by atoms with Crippen molar-refractivity contribution in [3.05, 3.63) is 105 Å². The summed E-state index contributed by atoms with van der Waals surface area (Å²) in [4.78, 5) is 25.7. The zero-order valence-electron chi connectivity index (χ0n) is 23.8. The zero-order chi connectivity index (χ0) is 28.2. The average Bonchev–Trinajstić information content (AvgIpc) is 3.58. The second kappa shape index (κ2) is 14.0. The van der Waals surface area contributed by atoms with Crippen LogP contribution in [0, 0.1) is 0 Å². The number of rotatable bonds is 2. The first-order valence-electron chi connectivity index (χ1n) is 14.5. The van der Waals surface area contributed by atoms with Crippen LogP contribution in [0.4, 0.5) is 4.79 Å². The normalized spacial score (nSPS) is 18.9. The summed E-state index contributed by atoms with van der Waals surface area (Å²) in [6, 6.07) is 21.3. The number of thioether (sulfide) groups is 1. The van der Waals surface area contributed by atoms with E-state index in [9.17, 15) is 4.79 Å². The number of hydrogen-bond acceptors (Lipinski definition) is 6. The Balaban J connectivity index is 0.000000197. The summed E-state index contributed by atoms with van der Waals surface area (Å²) < 4.78 is 5.15. The Hall–Kier alpha value is -3.00. The second-order valence-corrected chi connectivity index (χ2v) is 12.1. The molecule has 9 heteroatoms. The van der Waals surface area contributed by atoms with Crippen molar-refractivity contribution in [3.63, 3.8) is 0 Å². The molecule has 0 N–H and O–H groups in total. The van der Waals surface area contributed by atoms with Crippen LogP contribution in [-0.2, 0) is 17.6 Å². The number of carbonyl (C=O) groups is 1. The maximum atomic E-state index is 12.0. The number of piperidine rings is 1. The third-order valence-electron chi connectivity index (χ3n) is 8.08. The third-order valence-corrected chi connectivity index (χ3v) is 9.33. The quantitative estimate of drug-likeness (QED) is 0.297. The number of hydrogen-bond donors (Lipinski definition) is 0. The number of likely N-dealkylation sites (tertiary alicyclic amines) is 1. The topological polar surface area (TPSA) is 58.0 Å². The molecule has 0 saturated carbocycles. The van der Waals surface area contributed by atoms with Crippen LogP contribution in [0.25, 0.3) is 5.57 Å². The fourth-order valence-corrected chi connectivity index (χ4v) is 7.26. The Bertz CT molecular complexity index is 1470. The average molecular weight is 624 g/mol. The van der Waals surface area contributed by atoms with E-state index < -0.39 is 0 Å². The van der Waals surface area contributed by atoms with E-state index in [1.807, 2.05) is 37.0 Å². The highest BCUT2D eigenvalue weighted by Gasteiger charge is 2.30. The number of ether oxygens (including phenoxy) is 1. The lowest BCUT2D eigenvalue weighted by Crippen LogP contribution is -2.37. The van der Waals surface area contributed by atoms with E-state index in [4.69, 9.17) is 26.3 Å². The molecule has 0 spiro atoms. The number of amidine groups is 1. The Kier molecular flexibility index (Phi) is 10.1. The van der Waals surface area contributed by atoms with Crippen LogP contribution < -0.4 is 0 Å². The number of benzene rings is 2. The van der Waals surface area contributed by atoms with Crippen molar-refractivity contribution in [3.8, 4) is 0 Å². The number of aryl methyl sites for hydroxylation is 2. The number of halogens is 2. The summed E-state index contributed by atoms with van der Waals surface area (Å²) in [5, 5.41) is 2.02. The maximum absolute atomic E-state index is 12.0. The van der Waals surface area contributed by atoms with Gasteiger partial charge >= 0.3 is 6.09 Å². The highest BCUT2D eigenvalue weighted by molar-refractivity contribution is 8.14. The maximum Gasteiger partial charge on any atom is 0.409 e. The first-order chi connectivity index (χ1) is 20.1. The molecule has 7 rings (SSSR count). The summed E-state index contributed by atoms with van der Waals surface area (Å²) in [7, 11) is 0. The highest BCUT2D eigenvalue weighted by atomic mass is 35.5. The van der Waals surface area contributed by atoms with Crippen molar-refractivity contribution >= 4 is 52.6 Å². The van der Waals surface area contributed by atoms with Gasteiger partial charge in [0.15, 0.2) is 5.17 Å². The number of nitrogens with zero attached hydrogens (tertiary/aromatic N) is 4. The predicted molar refractivity (Wildman–Crippen MR) is 175 cm³/mol. The van der Waals surface area contributed by atoms with E-state index in [1.54, 1.807) is 4.90 Å². The van der Waals surface area contributed by atoms with Crippen molar-refractivity contribution in [2.24, 2.45) is 4.99 Å². The smallest absolute Gasteiger partial charge is 0.409 e. The molecule has 1 amide bonds. The number of pyridine rings is 1. The number of fused-ring (bicyclic) bond motifs is 3. The van der Waals surface area contributed by atoms with Crippen LogP contribution in [0.1, 0.15) is 53.8 Å². The van der Waals surface area contributed by atoms with Gasteiger partial charge in [-0.2, -0.15) is 0 Å². The molecule has 6 nitrogen and oxygen atoms in total. The minimum atomic E-state index is -0.215. The van der Waals surface area contributed by atoms with Gasteiger partial charge in [-0.05, 0) is 73.1 Å².